The number of hydrogen-bond donors (Lipinski definition) is 3. The maximum atomic E-state index is 12.8. The minimum Gasteiger partial charge on any atom is -0.496 e. The van der Waals surface area contributed by atoms with Crippen LogP contribution in [0.2, 0.25) is 0 Å². The molecule has 10 heteroatoms. The molecule has 29 heavy (non-hydrogen) atoms. The lowest BCUT2D eigenvalue weighted by molar-refractivity contribution is -0.123. The minimum atomic E-state index is -3.82. The van der Waals surface area contributed by atoms with Gasteiger partial charge < -0.3 is 10.1 Å². The lowest BCUT2D eigenvalue weighted by Gasteiger charge is -2.30. The quantitative estimate of drug-likeness (QED) is 0.510. The Morgan fingerprint density at radius 1 is 1.17 bits per heavy atom. The van der Waals surface area contributed by atoms with Gasteiger partial charge in [-0.25, -0.2) is 17.9 Å². The third kappa shape index (κ3) is 4.88. The Morgan fingerprint density at radius 2 is 1.79 bits per heavy atom. The van der Waals surface area contributed by atoms with Crippen LogP contribution in [0.1, 0.15) is 40.2 Å². The van der Waals surface area contributed by atoms with Gasteiger partial charge >= 0.3 is 6.03 Å². The Morgan fingerprint density at radius 3 is 2.28 bits per heavy atom. The number of methoxy groups -OCH3 is 1. The number of nitrogens with one attached hydrogen (secondary N) is 3. The second-order valence-corrected chi connectivity index (χ2v) is 9.49. The summed E-state index contributed by atoms with van der Waals surface area (Å²) in [6.07, 6.45) is 0. The fourth-order valence-electron chi connectivity index (χ4n) is 3.48. The molecule has 9 nitrogen and oxygen atoms in total. The average molecular weight is 427 g/mol. The van der Waals surface area contributed by atoms with Crippen molar-refractivity contribution in [3.05, 3.63) is 23.8 Å². The van der Waals surface area contributed by atoms with Crippen molar-refractivity contribution < 1.29 is 22.7 Å². The molecule has 0 saturated carbocycles. The predicted molar refractivity (Wildman–Crippen MR) is 109 cm³/mol. The van der Waals surface area contributed by atoms with Crippen LogP contribution in [0.3, 0.4) is 0 Å². The Labute approximate surface area is 172 Å². The van der Waals surface area contributed by atoms with Crippen molar-refractivity contribution in [2.24, 2.45) is 0 Å². The lowest BCUT2D eigenvalue weighted by atomic mass is 9.91. The Balaban J connectivity index is 2.28. The van der Waals surface area contributed by atoms with Crippen molar-refractivity contribution in [3.63, 3.8) is 0 Å². The number of benzene rings is 1. The molecule has 1 saturated heterocycles. The van der Waals surface area contributed by atoms with Gasteiger partial charge in [0, 0.05) is 30.7 Å². The maximum absolute atomic E-state index is 12.8. The molecule has 0 aliphatic carbocycles. The molecular formula is C19H30N4O5S. The van der Waals surface area contributed by atoms with E-state index in [0.29, 0.717) is 12.3 Å². The molecular weight excluding hydrogens is 396 g/mol. The van der Waals surface area contributed by atoms with E-state index in [0.717, 1.165) is 0 Å². The molecule has 0 spiro atoms. The predicted octanol–water partition coefficient (Wildman–Crippen LogP) is 1.15. The van der Waals surface area contributed by atoms with Crippen LogP contribution in [0.4, 0.5) is 4.79 Å². The summed E-state index contributed by atoms with van der Waals surface area (Å²) < 4.78 is 33.5. The summed E-state index contributed by atoms with van der Waals surface area (Å²) in [5, 5.41) is 4.70. The molecule has 3 amide bonds. The Bertz CT molecular complexity index is 877. The summed E-state index contributed by atoms with van der Waals surface area (Å²) >= 11 is 0. The van der Waals surface area contributed by atoms with Gasteiger partial charge in [0.15, 0.2) is 0 Å². The number of nitrogens with zero attached hydrogens (tertiary/aromatic N) is 1. The van der Waals surface area contributed by atoms with E-state index in [9.17, 15) is 18.0 Å². The number of carbonyl (C=O) groups is 2. The number of rotatable bonds is 9. The second kappa shape index (κ2) is 8.68. The highest BCUT2D eigenvalue weighted by Crippen LogP contribution is 2.34. The summed E-state index contributed by atoms with van der Waals surface area (Å²) in [5.41, 5.74) is -1.17. The molecule has 162 valence electrons. The van der Waals surface area contributed by atoms with E-state index in [2.05, 4.69) is 48.0 Å². The first kappa shape index (κ1) is 23.1. The van der Waals surface area contributed by atoms with Crippen molar-refractivity contribution in [2.75, 3.05) is 20.2 Å². The van der Waals surface area contributed by atoms with Crippen molar-refractivity contribution in [2.45, 2.75) is 57.1 Å². The first-order valence-electron chi connectivity index (χ1n) is 9.50. The summed E-state index contributed by atoms with van der Waals surface area (Å²) in [6.45, 7) is 10.6. The van der Waals surface area contributed by atoms with Gasteiger partial charge in [-0.05, 0) is 52.8 Å². The average Bonchev–Trinajstić information content (AvgIpc) is 2.90. The van der Waals surface area contributed by atoms with Crippen LogP contribution in [0.25, 0.3) is 0 Å². The summed E-state index contributed by atoms with van der Waals surface area (Å²) in [6, 6.07) is 4.17. The third-order valence-electron chi connectivity index (χ3n) is 5.05. The van der Waals surface area contributed by atoms with Crippen LogP contribution < -0.4 is 20.1 Å². The molecule has 1 aliphatic heterocycles. The highest BCUT2D eigenvalue weighted by atomic mass is 32.2. The van der Waals surface area contributed by atoms with Gasteiger partial charge in [0.05, 0.1) is 12.0 Å². The maximum Gasteiger partial charge on any atom is 0.322 e. The molecule has 1 atom stereocenters. The van der Waals surface area contributed by atoms with E-state index in [4.69, 9.17) is 4.74 Å². The molecule has 1 aliphatic rings. The highest BCUT2D eigenvalue weighted by molar-refractivity contribution is 7.89. The van der Waals surface area contributed by atoms with E-state index < -0.39 is 27.5 Å². The van der Waals surface area contributed by atoms with Gasteiger partial charge in [0.2, 0.25) is 10.0 Å². The van der Waals surface area contributed by atoms with E-state index in [1.54, 1.807) is 0 Å². The van der Waals surface area contributed by atoms with Gasteiger partial charge in [0.1, 0.15) is 11.3 Å². The van der Waals surface area contributed by atoms with E-state index >= 15 is 0 Å². The molecule has 2 rings (SSSR count). The molecule has 0 radical (unpaired) electrons. The van der Waals surface area contributed by atoms with E-state index in [1.165, 1.54) is 32.2 Å². The third-order valence-corrected chi connectivity index (χ3v) is 6.51. The molecule has 1 fully saturated rings. The van der Waals surface area contributed by atoms with E-state index in [-0.39, 0.29) is 29.1 Å². The van der Waals surface area contributed by atoms with Crippen molar-refractivity contribution in [3.8, 4) is 5.75 Å². The summed E-state index contributed by atoms with van der Waals surface area (Å²) in [4.78, 5) is 26.1. The van der Waals surface area contributed by atoms with Gasteiger partial charge in [-0.1, -0.05) is 0 Å². The number of amides is 3. The largest absolute Gasteiger partial charge is 0.496 e. The number of urea groups is 1. The molecule has 1 aromatic carbocycles. The van der Waals surface area contributed by atoms with Crippen LogP contribution in [0.5, 0.6) is 5.75 Å². The summed E-state index contributed by atoms with van der Waals surface area (Å²) in [5.74, 6) is -0.276. The van der Waals surface area contributed by atoms with Gasteiger partial charge in [-0.15, -0.1) is 0 Å². The normalized spacial score (nSPS) is 19.8. The van der Waals surface area contributed by atoms with Crippen LogP contribution in [0.15, 0.2) is 23.1 Å². The molecule has 0 bridgehead atoms. The second-order valence-electron chi connectivity index (χ2n) is 7.72. The molecule has 1 heterocycles. The molecule has 0 unspecified atom stereocenters. The van der Waals surface area contributed by atoms with Crippen LogP contribution in [0, 0.1) is 0 Å². The van der Waals surface area contributed by atoms with Crippen molar-refractivity contribution in [1.29, 1.82) is 0 Å². The number of ether oxygens (including phenoxy) is 1. The van der Waals surface area contributed by atoms with Crippen molar-refractivity contribution in [1.82, 2.24) is 20.3 Å². The number of hydrogen-bond acceptors (Lipinski definition) is 6. The van der Waals surface area contributed by atoms with Crippen molar-refractivity contribution >= 4 is 22.0 Å². The van der Waals surface area contributed by atoms with E-state index in [1.807, 2.05) is 0 Å². The van der Waals surface area contributed by atoms with Crippen LogP contribution in [-0.2, 0) is 20.4 Å². The van der Waals surface area contributed by atoms with Crippen LogP contribution in [-0.4, -0.2) is 57.5 Å². The fourth-order valence-corrected chi connectivity index (χ4v) is 4.53. The Hall–Kier alpha value is -2.17. The zero-order valence-electron chi connectivity index (χ0n) is 17.7. The zero-order valence-corrected chi connectivity index (χ0v) is 18.5. The minimum absolute atomic E-state index is 0.0101. The number of sulfonamides is 1. The molecule has 0 aromatic heterocycles. The smallest absolute Gasteiger partial charge is 0.322 e. The first-order chi connectivity index (χ1) is 13.4. The first-order valence-corrected chi connectivity index (χ1v) is 11.0. The number of carbonyl (C=O) groups excluding carboxylic acids is 2. The van der Waals surface area contributed by atoms with Gasteiger partial charge in [-0.3, -0.25) is 15.0 Å². The molecule has 3 N–H and O–H groups in total. The fraction of sp³-hybridized carbons (Fsp3) is 0.579. The van der Waals surface area contributed by atoms with Crippen LogP contribution >= 0.6 is 0 Å². The highest BCUT2D eigenvalue weighted by Gasteiger charge is 2.45. The SMILES string of the molecule is COc1ccc(S(=O)(=O)NCCN(C(C)C)C(C)C)cc1[C@@]1(C)NC(=O)NC1=O. The zero-order chi connectivity index (χ0) is 22.0. The molecule has 1 aromatic rings. The monoisotopic (exact) mass is 426 g/mol. The lowest BCUT2D eigenvalue weighted by Crippen LogP contribution is -2.42. The topological polar surface area (TPSA) is 117 Å². The number of imide groups is 1. The standard InChI is InChI=1S/C19H30N4O5S/c1-12(2)23(13(3)4)10-9-20-29(26,27)14-7-8-16(28-6)15(11-14)19(5)17(24)21-18(25)22-19/h7-8,11-13,20H,9-10H2,1-6H3,(H2,21,22,24,25)/t19-/m1/s1. The Kier molecular flexibility index (Phi) is 6.92. The van der Waals surface area contributed by atoms with Gasteiger partial charge in [0.25, 0.3) is 5.91 Å². The summed E-state index contributed by atoms with van der Waals surface area (Å²) in [7, 11) is -2.41. The van der Waals surface area contributed by atoms with Gasteiger partial charge in [-0.2, -0.15) is 0 Å².